The van der Waals surface area contributed by atoms with E-state index < -0.39 is 10.0 Å². The summed E-state index contributed by atoms with van der Waals surface area (Å²) < 4.78 is 33.2. The number of aromatic nitrogens is 2. The predicted molar refractivity (Wildman–Crippen MR) is 123 cm³/mol. The summed E-state index contributed by atoms with van der Waals surface area (Å²) in [6.07, 6.45) is 7.30. The first-order chi connectivity index (χ1) is 15.6. The maximum Gasteiger partial charge on any atom is 0.300 e. The first kappa shape index (κ1) is 20.7. The van der Waals surface area contributed by atoms with Crippen molar-refractivity contribution in [3.63, 3.8) is 0 Å². The van der Waals surface area contributed by atoms with Crippen LogP contribution in [0.3, 0.4) is 0 Å². The normalized spacial score (nSPS) is 15.1. The van der Waals surface area contributed by atoms with E-state index in [0.717, 1.165) is 31.4 Å². The van der Waals surface area contributed by atoms with Crippen molar-refractivity contribution >= 4 is 32.8 Å². The summed E-state index contributed by atoms with van der Waals surface area (Å²) in [5.41, 5.74) is 4.29. The van der Waals surface area contributed by atoms with E-state index in [1.54, 1.807) is 34.9 Å². The van der Waals surface area contributed by atoms with Gasteiger partial charge in [0.15, 0.2) is 5.58 Å². The molecular formula is C24H24N4O3S. The van der Waals surface area contributed by atoms with Crippen molar-refractivity contribution in [2.45, 2.75) is 30.6 Å². The third kappa shape index (κ3) is 4.37. The fourth-order valence-electron chi connectivity index (χ4n) is 3.94. The highest BCUT2D eigenvalue weighted by molar-refractivity contribution is 7.89. The fraction of sp³-hybridized carbons (Fsp3) is 0.250. The Morgan fingerprint density at radius 3 is 2.38 bits per heavy atom. The minimum atomic E-state index is -3.51. The van der Waals surface area contributed by atoms with Crippen molar-refractivity contribution in [2.24, 2.45) is 0 Å². The predicted octanol–water partition coefficient (Wildman–Crippen LogP) is 4.73. The van der Waals surface area contributed by atoms with Crippen molar-refractivity contribution in [3.8, 4) is 0 Å². The number of piperidine rings is 1. The Hall–Kier alpha value is -3.23. The molecule has 0 saturated carbocycles. The van der Waals surface area contributed by atoms with E-state index in [9.17, 15) is 8.42 Å². The number of rotatable bonds is 6. The molecule has 1 fully saturated rings. The maximum atomic E-state index is 12.9. The van der Waals surface area contributed by atoms with E-state index in [2.05, 4.69) is 27.4 Å². The van der Waals surface area contributed by atoms with Crippen LogP contribution in [0.4, 0.5) is 11.7 Å². The van der Waals surface area contributed by atoms with Gasteiger partial charge in [-0.1, -0.05) is 18.6 Å². The molecule has 4 aromatic rings. The molecule has 1 aliphatic rings. The number of fused-ring (bicyclic) bond motifs is 1. The van der Waals surface area contributed by atoms with Gasteiger partial charge in [0, 0.05) is 31.2 Å². The van der Waals surface area contributed by atoms with Crippen LogP contribution in [0, 0.1) is 0 Å². The van der Waals surface area contributed by atoms with Gasteiger partial charge in [-0.15, -0.1) is 0 Å². The number of anilines is 2. The molecule has 0 bridgehead atoms. The van der Waals surface area contributed by atoms with Crippen LogP contribution in [0.1, 0.15) is 30.4 Å². The number of pyridine rings is 1. The lowest BCUT2D eigenvalue weighted by atomic mass is 10.1. The van der Waals surface area contributed by atoms with Gasteiger partial charge in [-0.25, -0.2) is 8.42 Å². The minimum absolute atomic E-state index is 0.257. The van der Waals surface area contributed by atoms with Crippen molar-refractivity contribution in [1.82, 2.24) is 14.3 Å². The van der Waals surface area contributed by atoms with E-state index in [-0.39, 0.29) is 4.90 Å². The number of oxazole rings is 1. The zero-order valence-corrected chi connectivity index (χ0v) is 18.4. The van der Waals surface area contributed by atoms with Gasteiger partial charge >= 0.3 is 0 Å². The van der Waals surface area contributed by atoms with E-state index in [1.165, 1.54) is 11.1 Å². The number of nitrogens with one attached hydrogen (secondary N) is 1. The molecule has 0 amide bonds. The Morgan fingerprint density at radius 1 is 0.906 bits per heavy atom. The molecule has 3 heterocycles. The molecule has 32 heavy (non-hydrogen) atoms. The smallest absolute Gasteiger partial charge is 0.300 e. The molecule has 0 spiro atoms. The van der Waals surface area contributed by atoms with E-state index in [0.29, 0.717) is 30.2 Å². The highest BCUT2D eigenvalue weighted by atomic mass is 32.2. The molecule has 164 valence electrons. The van der Waals surface area contributed by atoms with Gasteiger partial charge in [0.25, 0.3) is 6.01 Å². The Labute approximate surface area is 187 Å². The minimum Gasteiger partial charge on any atom is -0.423 e. The molecular weight excluding hydrogens is 424 g/mol. The summed E-state index contributed by atoms with van der Waals surface area (Å²) in [5, 5.41) is 3.16. The van der Waals surface area contributed by atoms with E-state index in [4.69, 9.17) is 4.42 Å². The van der Waals surface area contributed by atoms with Crippen LogP contribution in [-0.4, -0.2) is 35.8 Å². The average Bonchev–Trinajstić information content (AvgIpc) is 3.23. The number of hydrogen-bond acceptors (Lipinski definition) is 6. The lowest BCUT2D eigenvalue weighted by Crippen LogP contribution is -2.35. The zero-order chi connectivity index (χ0) is 22.0. The first-order valence-electron chi connectivity index (χ1n) is 10.7. The molecule has 0 unspecified atom stereocenters. The van der Waals surface area contributed by atoms with Crippen LogP contribution in [0.25, 0.3) is 11.1 Å². The van der Waals surface area contributed by atoms with Gasteiger partial charge in [-0.05, 0) is 72.9 Å². The van der Waals surface area contributed by atoms with Crippen LogP contribution in [0.2, 0.25) is 0 Å². The monoisotopic (exact) mass is 448 g/mol. The van der Waals surface area contributed by atoms with E-state index >= 15 is 0 Å². The molecule has 2 aromatic carbocycles. The maximum absolute atomic E-state index is 12.9. The summed E-state index contributed by atoms with van der Waals surface area (Å²) in [6, 6.07) is 17.2. The SMILES string of the molecule is O=S(=O)(c1ccc2oc(Nc3ccc(Cc4ccncc4)cc3)nc2c1)N1CCCCC1. The Morgan fingerprint density at radius 2 is 1.62 bits per heavy atom. The standard InChI is InChI=1S/C24H24N4O3S/c29-32(30,28-14-2-1-3-15-28)21-8-9-23-22(17-21)27-24(31-23)26-20-6-4-18(5-7-20)16-19-10-12-25-13-11-19/h4-13,17H,1-3,14-16H2,(H,26,27). The second-order valence-electron chi connectivity index (χ2n) is 7.97. The summed E-state index contributed by atoms with van der Waals surface area (Å²) >= 11 is 0. The average molecular weight is 449 g/mol. The summed E-state index contributed by atoms with van der Waals surface area (Å²) in [5.74, 6) is 0. The van der Waals surface area contributed by atoms with Crippen molar-refractivity contribution in [3.05, 3.63) is 78.1 Å². The number of sulfonamides is 1. The van der Waals surface area contributed by atoms with E-state index in [1.807, 2.05) is 24.3 Å². The topological polar surface area (TPSA) is 88.3 Å². The van der Waals surface area contributed by atoms with Gasteiger partial charge in [0.1, 0.15) is 5.52 Å². The third-order valence-corrected chi connectivity index (χ3v) is 7.57. The quantitative estimate of drug-likeness (QED) is 0.459. The largest absolute Gasteiger partial charge is 0.423 e. The van der Waals surface area contributed by atoms with Crippen LogP contribution in [-0.2, 0) is 16.4 Å². The molecule has 1 saturated heterocycles. The molecule has 1 aliphatic heterocycles. The summed E-state index contributed by atoms with van der Waals surface area (Å²) in [4.78, 5) is 8.75. The number of hydrogen-bond donors (Lipinski definition) is 1. The molecule has 8 heteroatoms. The van der Waals surface area contributed by atoms with Crippen molar-refractivity contribution in [2.75, 3.05) is 18.4 Å². The summed E-state index contributed by atoms with van der Waals surface area (Å²) in [6.45, 7) is 1.15. The molecule has 0 aliphatic carbocycles. The first-order valence-corrected chi connectivity index (χ1v) is 12.2. The van der Waals surface area contributed by atoms with Gasteiger partial charge in [-0.2, -0.15) is 9.29 Å². The Kier molecular flexibility index (Phi) is 5.63. The third-order valence-electron chi connectivity index (χ3n) is 5.67. The Bertz CT molecular complexity index is 1310. The van der Waals surface area contributed by atoms with Gasteiger partial charge < -0.3 is 9.73 Å². The number of benzene rings is 2. The Balaban J connectivity index is 1.32. The second-order valence-corrected chi connectivity index (χ2v) is 9.91. The molecule has 0 radical (unpaired) electrons. The lowest BCUT2D eigenvalue weighted by Gasteiger charge is -2.25. The second kappa shape index (κ2) is 8.72. The van der Waals surface area contributed by atoms with Crippen molar-refractivity contribution in [1.29, 1.82) is 0 Å². The fourth-order valence-corrected chi connectivity index (χ4v) is 5.48. The van der Waals surface area contributed by atoms with Crippen LogP contribution < -0.4 is 5.32 Å². The molecule has 7 nitrogen and oxygen atoms in total. The highest BCUT2D eigenvalue weighted by Crippen LogP contribution is 2.27. The molecule has 1 N–H and O–H groups in total. The van der Waals surface area contributed by atoms with Crippen LogP contribution in [0.15, 0.2) is 76.3 Å². The van der Waals surface area contributed by atoms with Crippen LogP contribution >= 0.6 is 0 Å². The molecule has 2 aromatic heterocycles. The van der Waals surface area contributed by atoms with Gasteiger partial charge in [-0.3, -0.25) is 4.98 Å². The zero-order valence-electron chi connectivity index (χ0n) is 17.6. The summed E-state index contributed by atoms with van der Waals surface area (Å²) in [7, 11) is -3.51. The lowest BCUT2D eigenvalue weighted by molar-refractivity contribution is 0.346. The highest BCUT2D eigenvalue weighted by Gasteiger charge is 2.26. The molecule has 0 atom stereocenters. The molecule has 5 rings (SSSR count). The van der Waals surface area contributed by atoms with Gasteiger partial charge in [0.2, 0.25) is 10.0 Å². The van der Waals surface area contributed by atoms with Crippen molar-refractivity contribution < 1.29 is 12.8 Å². The van der Waals surface area contributed by atoms with Crippen LogP contribution in [0.5, 0.6) is 0 Å². The number of nitrogens with zero attached hydrogens (tertiary/aromatic N) is 3. The van der Waals surface area contributed by atoms with Gasteiger partial charge in [0.05, 0.1) is 4.90 Å².